The molecule has 1 atom stereocenters. The molecule has 2 aromatic heterocycles. The number of hydrogen-bond donors (Lipinski definition) is 1. The number of para-hydroxylation sites is 1. The van der Waals surface area contributed by atoms with Crippen LogP contribution in [0.15, 0.2) is 22.6 Å². The Labute approximate surface area is 145 Å². The number of H-pyrrole nitrogens is 1. The number of carbonyl (C=O) groups excluding carboxylic acids is 1. The highest BCUT2D eigenvalue weighted by Crippen LogP contribution is 2.27. The van der Waals surface area contributed by atoms with Crippen LogP contribution >= 0.6 is 0 Å². The third-order valence-corrected chi connectivity index (χ3v) is 4.74. The number of hydrogen-bond acceptors (Lipinski definition) is 5. The molecule has 1 N–H and O–H groups in total. The average Bonchev–Trinajstić information content (AvgIpc) is 3.18. The lowest BCUT2D eigenvalue weighted by atomic mass is 10.1. The van der Waals surface area contributed by atoms with Gasteiger partial charge in [0, 0.05) is 24.5 Å². The van der Waals surface area contributed by atoms with E-state index in [1.54, 1.807) is 11.8 Å². The largest absolute Gasteiger partial charge is 0.423 e. The molecule has 0 radical (unpaired) electrons. The second-order valence-corrected chi connectivity index (χ2v) is 6.37. The molecule has 0 bridgehead atoms. The van der Waals surface area contributed by atoms with E-state index in [1.807, 2.05) is 25.1 Å². The Kier molecular flexibility index (Phi) is 3.80. The van der Waals surface area contributed by atoms with Gasteiger partial charge in [-0.2, -0.15) is 0 Å². The van der Waals surface area contributed by atoms with Crippen molar-refractivity contribution in [1.29, 1.82) is 0 Å². The minimum absolute atomic E-state index is 0.0172. The standard InChI is InChI=1S/C18H20N4O3/c1-10-11(2)19-16-13(10)5-4-6-14(16)18(23)22-7-8-24-15(9-22)17-21-20-12(3)25-17/h4-6,15,19H,7-9H2,1-3H3/t15-/m1/s1. The van der Waals surface area contributed by atoms with E-state index in [1.165, 1.54) is 5.56 Å². The molecule has 3 aromatic rings. The summed E-state index contributed by atoms with van der Waals surface area (Å²) in [5, 5.41) is 8.94. The lowest BCUT2D eigenvalue weighted by Gasteiger charge is -2.31. The van der Waals surface area contributed by atoms with Crippen LogP contribution in [0, 0.1) is 20.8 Å². The molecule has 1 aromatic carbocycles. The molecule has 130 valence electrons. The average molecular weight is 340 g/mol. The molecule has 4 rings (SSSR count). The van der Waals surface area contributed by atoms with E-state index in [0.717, 1.165) is 16.6 Å². The third kappa shape index (κ3) is 2.70. The van der Waals surface area contributed by atoms with Crippen LogP contribution in [0.2, 0.25) is 0 Å². The first kappa shape index (κ1) is 15.8. The summed E-state index contributed by atoms with van der Waals surface area (Å²) >= 11 is 0. The van der Waals surface area contributed by atoms with Gasteiger partial charge >= 0.3 is 0 Å². The van der Waals surface area contributed by atoms with E-state index in [4.69, 9.17) is 9.15 Å². The Balaban J connectivity index is 1.63. The Bertz CT molecular complexity index is 943. The molecular formula is C18H20N4O3. The maximum absolute atomic E-state index is 13.1. The second-order valence-electron chi connectivity index (χ2n) is 6.37. The number of fused-ring (bicyclic) bond motifs is 1. The normalized spacial score (nSPS) is 18.0. The Hall–Kier alpha value is -2.67. The molecule has 0 unspecified atom stereocenters. The summed E-state index contributed by atoms with van der Waals surface area (Å²) in [6, 6.07) is 5.82. The summed E-state index contributed by atoms with van der Waals surface area (Å²) < 4.78 is 11.2. The van der Waals surface area contributed by atoms with Crippen LogP contribution in [-0.2, 0) is 4.74 Å². The van der Waals surface area contributed by atoms with Gasteiger partial charge in [0.25, 0.3) is 5.91 Å². The van der Waals surface area contributed by atoms with E-state index < -0.39 is 0 Å². The Morgan fingerprint density at radius 1 is 1.28 bits per heavy atom. The molecule has 0 spiro atoms. The quantitative estimate of drug-likeness (QED) is 0.775. The number of aromatic nitrogens is 3. The fraction of sp³-hybridized carbons (Fsp3) is 0.389. The summed E-state index contributed by atoms with van der Waals surface area (Å²) in [5.74, 6) is 0.889. The topological polar surface area (TPSA) is 84.2 Å². The zero-order chi connectivity index (χ0) is 17.6. The smallest absolute Gasteiger partial charge is 0.256 e. The number of rotatable bonds is 2. The van der Waals surface area contributed by atoms with E-state index in [0.29, 0.717) is 37.0 Å². The van der Waals surface area contributed by atoms with Gasteiger partial charge in [-0.15, -0.1) is 10.2 Å². The summed E-state index contributed by atoms with van der Waals surface area (Å²) in [5.41, 5.74) is 3.82. The van der Waals surface area contributed by atoms with Gasteiger partial charge in [-0.3, -0.25) is 4.79 Å². The zero-order valence-electron chi connectivity index (χ0n) is 14.5. The fourth-order valence-corrected chi connectivity index (χ4v) is 3.26. The van der Waals surface area contributed by atoms with E-state index >= 15 is 0 Å². The number of nitrogens with zero attached hydrogens (tertiary/aromatic N) is 3. The molecule has 1 aliphatic heterocycles. The Morgan fingerprint density at radius 2 is 2.12 bits per heavy atom. The SMILES string of the molecule is Cc1nnc([C@H]2CN(C(=O)c3cccc4c(C)c(C)[nH]c34)CCO2)o1. The number of morpholine rings is 1. The van der Waals surface area contributed by atoms with Crippen molar-refractivity contribution in [3.05, 3.63) is 46.8 Å². The highest BCUT2D eigenvalue weighted by molar-refractivity contribution is 6.06. The minimum atomic E-state index is -0.384. The number of ether oxygens (including phenoxy) is 1. The van der Waals surface area contributed by atoms with Crippen LogP contribution in [-0.4, -0.2) is 45.7 Å². The van der Waals surface area contributed by atoms with Crippen LogP contribution in [0.1, 0.15) is 39.5 Å². The van der Waals surface area contributed by atoms with Gasteiger partial charge in [0.05, 0.1) is 24.2 Å². The molecule has 0 aliphatic carbocycles. The Morgan fingerprint density at radius 3 is 2.88 bits per heavy atom. The lowest BCUT2D eigenvalue weighted by Crippen LogP contribution is -2.42. The fourth-order valence-electron chi connectivity index (χ4n) is 3.26. The lowest BCUT2D eigenvalue weighted by molar-refractivity contribution is -0.0348. The maximum atomic E-state index is 13.1. The number of carbonyl (C=O) groups is 1. The van der Waals surface area contributed by atoms with Gasteiger partial charge in [0.2, 0.25) is 11.8 Å². The van der Waals surface area contributed by atoms with Gasteiger partial charge in [-0.05, 0) is 25.5 Å². The molecule has 0 saturated carbocycles. The first-order valence-corrected chi connectivity index (χ1v) is 8.33. The zero-order valence-corrected chi connectivity index (χ0v) is 14.5. The predicted octanol–water partition coefficient (Wildman–Crippen LogP) is 2.69. The summed E-state index contributed by atoms with van der Waals surface area (Å²) in [6.45, 7) is 7.19. The molecular weight excluding hydrogens is 320 g/mol. The van der Waals surface area contributed by atoms with Crippen molar-refractivity contribution in [3.63, 3.8) is 0 Å². The molecule has 1 amide bonds. The van der Waals surface area contributed by atoms with Gasteiger partial charge < -0.3 is 19.0 Å². The van der Waals surface area contributed by atoms with E-state index in [2.05, 4.69) is 22.1 Å². The minimum Gasteiger partial charge on any atom is -0.423 e. The van der Waals surface area contributed by atoms with E-state index in [-0.39, 0.29) is 12.0 Å². The van der Waals surface area contributed by atoms with Crippen molar-refractivity contribution in [2.75, 3.05) is 19.7 Å². The highest BCUT2D eigenvalue weighted by atomic mass is 16.5. The number of benzene rings is 1. The number of nitrogens with one attached hydrogen (secondary N) is 1. The summed E-state index contributed by atoms with van der Waals surface area (Å²) in [6.07, 6.45) is -0.384. The molecule has 25 heavy (non-hydrogen) atoms. The second kappa shape index (κ2) is 6.00. The van der Waals surface area contributed by atoms with Crippen LogP contribution in [0.5, 0.6) is 0 Å². The van der Waals surface area contributed by atoms with Crippen molar-refractivity contribution in [1.82, 2.24) is 20.1 Å². The highest BCUT2D eigenvalue weighted by Gasteiger charge is 2.30. The van der Waals surface area contributed by atoms with E-state index in [9.17, 15) is 4.79 Å². The molecule has 1 saturated heterocycles. The first-order valence-electron chi connectivity index (χ1n) is 8.33. The molecule has 3 heterocycles. The summed E-state index contributed by atoms with van der Waals surface area (Å²) in [4.78, 5) is 18.2. The van der Waals surface area contributed by atoms with Crippen LogP contribution in [0.4, 0.5) is 0 Å². The van der Waals surface area contributed by atoms with Gasteiger partial charge in [-0.25, -0.2) is 0 Å². The predicted molar refractivity (Wildman–Crippen MR) is 91.4 cm³/mol. The molecule has 1 aliphatic rings. The van der Waals surface area contributed by atoms with Crippen molar-refractivity contribution in [3.8, 4) is 0 Å². The van der Waals surface area contributed by atoms with Crippen LogP contribution in [0.3, 0.4) is 0 Å². The number of aromatic amines is 1. The van der Waals surface area contributed by atoms with Crippen molar-refractivity contribution < 1.29 is 13.9 Å². The van der Waals surface area contributed by atoms with Crippen LogP contribution < -0.4 is 0 Å². The van der Waals surface area contributed by atoms with Gasteiger partial charge in [0.1, 0.15) is 0 Å². The first-order chi connectivity index (χ1) is 12.0. The van der Waals surface area contributed by atoms with Crippen molar-refractivity contribution in [2.45, 2.75) is 26.9 Å². The third-order valence-electron chi connectivity index (χ3n) is 4.74. The van der Waals surface area contributed by atoms with Crippen LogP contribution in [0.25, 0.3) is 10.9 Å². The van der Waals surface area contributed by atoms with Crippen molar-refractivity contribution >= 4 is 16.8 Å². The molecule has 7 nitrogen and oxygen atoms in total. The molecule has 7 heteroatoms. The maximum Gasteiger partial charge on any atom is 0.256 e. The monoisotopic (exact) mass is 340 g/mol. The van der Waals surface area contributed by atoms with Gasteiger partial charge in [-0.1, -0.05) is 12.1 Å². The van der Waals surface area contributed by atoms with Gasteiger partial charge in [0.15, 0.2) is 6.10 Å². The number of aryl methyl sites for hydroxylation is 3. The summed E-state index contributed by atoms with van der Waals surface area (Å²) in [7, 11) is 0. The van der Waals surface area contributed by atoms with Crippen molar-refractivity contribution in [2.24, 2.45) is 0 Å². The number of amides is 1. The molecule has 1 fully saturated rings.